The minimum absolute atomic E-state index is 0.130. The van der Waals surface area contributed by atoms with E-state index in [0.717, 1.165) is 0 Å². The van der Waals surface area contributed by atoms with Gasteiger partial charge >= 0.3 is 0 Å². The number of thioether (sulfide) groups is 1. The maximum atomic E-state index is 10.8. The van der Waals surface area contributed by atoms with Gasteiger partial charge in [0.25, 0.3) is 0 Å². The molecule has 2 aliphatic rings. The molecule has 0 aromatic heterocycles. The third-order valence-corrected chi connectivity index (χ3v) is 3.10. The van der Waals surface area contributed by atoms with Gasteiger partial charge in [-0.3, -0.25) is 9.59 Å². The van der Waals surface area contributed by atoms with Crippen LogP contribution in [0, 0.1) is 0 Å². The van der Waals surface area contributed by atoms with Crippen molar-refractivity contribution in [2.24, 2.45) is 0 Å². The minimum atomic E-state index is 0.130. The molecule has 0 aliphatic carbocycles. The van der Waals surface area contributed by atoms with Gasteiger partial charge in [0.2, 0.25) is 5.91 Å². The number of Topliss-reactive ketones (excluding diaryl/α,β-unsaturated/α-hetero) is 1. The van der Waals surface area contributed by atoms with E-state index in [4.69, 9.17) is 0 Å². The summed E-state index contributed by atoms with van der Waals surface area (Å²) in [5.74, 6) is 0.897. The van der Waals surface area contributed by atoms with Crippen LogP contribution in [0.5, 0.6) is 0 Å². The fourth-order valence-corrected chi connectivity index (χ4v) is 2.29. The van der Waals surface area contributed by atoms with Crippen LogP contribution in [0.4, 0.5) is 0 Å². The Labute approximate surface area is 62.8 Å². The van der Waals surface area contributed by atoms with Gasteiger partial charge in [-0.2, -0.15) is 0 Å². The number of ketones is 1. The van der Waals surface area contributed by atoms with Gasteiger partial charge in [0, 0.05) is 0 Å². The second-order valence-electron chi connectivity index (χ2n) is 2.53. The molecule has 2 fully saturated rings. The summed E-state index contributed by atoms with van der Waals surface area (Å²) in [4.78, 5) is 23.2. The molecule has 4 heteroatoms. The predicted molar refractivity (Wildman–Crippen MR) is 37.6 cm³/mol. The molecule has 3 nitrogen and oxygen atoms in total. The van der Waals surface area contributed by atoms with E-state index < -0.39 is 0 Å². The number of amides is 1. The quantitative estimate of drug-likeness (QED) is 0.459. The van der Waals surface area contributed by atoms with Crippen LogP contribution in [0.2, 0.25) is 0 Å². The largest absolute Gasteiger partial charge is 0.323 e. The van der Waals surface area contributed by atoms with Crippen molar-refractivity contribution in [3.05, 3.63) is 0 Å². The van der Waals surface area contributed by atoms with Gasteiger partial charge in [0.05, 0.1) is 24.1 Å². The molecule has 1 atom stereocenters. The van der Waals surface area contributed by atoms with E-state index in [-0.39, 0.29) is 11.7 Å². The van der Waals surface area contributed by atoms with E-state index >= 15 is 0 Å². The van der Waals surface area contributed by atoms with Crippen LogP contribution in [0.25, 0.3) is 0 Å². The lowest BCUT2D eigenvalue weighted by atomic mass is 10.2. The van der Waals surface area contributed by atoms with Crippen molar-refractivity contribution in [2.75, 3.05) is 12.3 Å². The lowest BCUT2D eigenvalue weighted by Gasteiger charge is -2.42. The van der Waals surface area contributed by atoms with Crippen molar-refractivity contribution in [1.82, 2.24) is 4.90 Å². The van der Waals surface area contributed by atoms with Gasteiger partial charge in [0.1, 0.15) is 0 Å². The van der Waals surface area contributed by atoms with Gasteiger partial charge in [-0.25, -0.2) is 0 Å². The Morgan fingerprint density at radius 3 is 2.90 bits per heavy atom. The highest BCUT2D eigenvalue weighted by atomic mass is 32.2. The first-order valence-electron chi connectivity index (χ1n) is 3.20. The number of β-lactam (4-membered cyclic amide) rings is 1. The lowest BCUT2D eigenvalue weighted by molar-refractivity contribution is -0.145. The third kappa shape index (κ3) is 0.751. The smallest absolute Gasteiger partial charge is 0.226 e. The molecule has 1 amide bonds. The Bertz CT molecular complexity index is 198. The Morgan fingerprint density at radius 2 is 2.30 bits per heavy atom. The van der Waals surface area contributed by atoms with Crippen molar-refractivity contribution < 1.29 is 9.59 Å². The fraction of sp³-hybridized carbons (Fsp3) is 0.667. The molecular weight excluding hydrogens is 150 g/mol. The summed E-state index contributed by atoms with van der Waals surface area (Å²) in [6.07, 6.45) is 0.637. The fourth-order valence-electron chi connectivity index (χ4n) is 1.19. The summed E-state index contributed by atoms with van der Waals surface area (Å²) in [6.45, 7) is 0.358. The highest BCUT2D eigenvalue weighted by Crippen LogP contribution is 2.32. The molecule has 2 saturated heterocycles. The Hall–Kier alpha value is -0.510. The molecule has 0 unspecified atom stereocenters. The highest BCUT2D eigenvalue weighted by Gasteiger charge is 2.40. The molecule has 0 spiro atoms. The average molecular weight is 157 g/mol. The van der Waals surface area contributed by atoms with E-state index in [1.54, 1.807) is 16.7 Å². The minimum Gasteiger partial charge on any atom is -0.323 e. The third-order valence-electron chi connectivity index (χ3n) is 1.80. The maximum absolute atomic E-state index is 10.8. The Morgan fingerprint density at radius 1 is 1.50 bits per heavy atom. The molecule has 0 bridgehead atoms. The molecule has 10 heavy (non-hydrogen) atoms. The zero-order valence-corrected chi connectivity index (χ0v) is 6.19. The standard InChI is InChI=1S/C6H7NO2S/c8-4-2-7-5(9)1-6(7)10-3-4/h6H,1-3H2/t6-/m1/s1. The molecular formula is C6H7NO2S. The predicted octanol–water partition coefficient (Wildman–Crippen LogP) is -0.139. The summed E-state index contributed by atoms with van der Waals surface area (Å²) >= 11 is 1.58. The Kier molecular flexibility index (Phi) is 1.23. The van der Waals surface area contributed by atoms with E-state index in [1.807, 2.05) is 0 Å². The number of carbonyl (C=O) groups is 2. The van der Waals surface area contributed by atoms with Crippen molar-refractivity contribution in [2.45, 2.75) is 11.8 Å². The first-order valence-corrected chi connectivity index (χ1v) is 4.25. The number of rotatable bonds is 0. The molecule has 54 valence electrons. The molecule has 0 aromatic carbocycles. The Balaban J connectivity index is 2.07. The van der Waals surface area contributed by atoms with Crippen molar-refractivity contribution in [1.29, 1.82) is 0 Å². The number of fused-ring (bicyclic) bond motifs is 1. The number of hydrogen-bond acceptors (Lipinski definition) is 3. The van der Waals surface area contributed by atoms with Gasteiger partial charge < -0.3 is 4.90 Å². The van der Waals surface area contributed by atoms with Crippen molar-refractivity contribution in [3.8, 4) is 0 Å². The van der Waals surface area contributed by atoms with Gasteiger partial charge in [-0.05, 0) is 0 Å². The monoisotopic (exact) mass is 157 g/mol. The van der Waals surface area contributed by atoms with Crippen molar-refractivity contribution >= 4 is 23.5 Å². The maximum Gasteiger partial charge on any atom is 0.226 e. The lowest BCUT2D eigenvalue weighted by Crippen LogP contribution is -2.55. The van der Waals surface area contributed by atoms with Crippen LogP contribution in [0.3, 0.4) is 0 Å². The van der Waals surface area contributed by atoms with Crippen LogP contribution < -0.4 is 0 Å². The SMILES string of the molecule is O=C1CS[C@@H]2CC(=O)N2C1. The molecule has 0 radical (unpaired) electrons. The molecule has 2 aliphatic heterocycles. The van der Waals surface area contributed by atoms with E-state index in [9.17, 15) is 9.59 Å². The van der Waals surface area contributed by atoms with E-state index in [0.29, 0.717) is 24.1 Å². The normalized spacial score (nSPS) is 31.6. The number of carbonyl (C=O) groups excluding carboxylic acids is 2. The first-order chi connectivity index (χ1) is 4.77. The molecule has 0 saturated carbocycles. The summed E-state index contributed by atoms with van der Waals surface area (Å²) < 4.78 is 0. The molecule has 0 aromatic rings. The van der Waals surface area contributed by atoms with Crippen LogP contribution in [-0.4, -0.2) is 34.3 Å². The molecule has 0 N–H and O–H groups in total. The van der Waals surface area contributed by atoms with E-state index in [2.05, 4.69) is 0 Å². The zero-order valence-electron chi connectivity index (χ0n) is 5.37. The van der Waals surface area contributed by atoms with Crippen LogP contribution >= 0.6 is 11.8 Å². The number of nitrogens with zero attached hydrogens (tertiary/aromatic N) is 1. The zero-order chi connectivity index (χ0) is 7.14. The van der Waals surface area contributed by atoms with Crippen LogP contribution in [-0.2, 0) is 9.59 Å². The second kappa shape index (κ2) is 1.99. The topological polar surface area (TPSA) is 37.4 Å². The van der Waals surface area contributed by atoms with E-state index in [1.165, 1.54) is 0 Å². The van der Waals surface area contributed by atoms with Gasteiger partial charge in [-0.15, -0.1) is 11.8 Å². The average Bonchev–Trinajstić information content (AvgIpc) is 1.92. The second-order valence-corrected chi connectivity index (χ2v) is 3.70. The highest BCUT2D eigenvalue weighted by molar-refractivity contribution is 8.00. The van der Waals surface area contributed by atoms with Crippen LogP contribution in [0.1, 0.15) is 6.42 Å². The molecule has 2 heterocycles. The number of hydrogen-bond donors (Lipinski definition) is 0. The summed E-state index contributed by atoms with van der Waals surface area (Å²) in [6, 6.07) is 0. The van der Waals surface area contributed by atoms with Crippen molar-refractivity contribution in [3.63, 3.8) is 0 Å². The summed E-state index contributed by atoms with van der Waals surface area (Å²) in [5.41, 5.74) is 0. The summed E-state index contributed by atoms with van der Waals surface area (Å²) in [7, 11) is 0. The molecule has 2 rings (SSSR count). The van der Waals surface area contributed by atoms with Crippen LogP contribution in [0.15, 0.2) is 0 Å². The first kappa shape index (κ1) is 6.22. The summed E-state index contributed by atoms with van der Waals surface area (Å²) in [5, 5.41) is 0.324. The van der Waals surface area contributed by atoms with Gasteiger partial charge in [-0.1, -0.05) is 0 Å². The van der Waals surface area contributed by atoms with Gasteiger partial charge in [0.15, 0.2) is 5.78 Å².